The molecule has 0 saturated heterocycles. The highest BCUT2D eigenvalue weighted by Crippen LogP contribution is 2.28. The molecule has 0 aliphatic carbocycles. The average Bonchev–Trinajstić information content (AvgIpc) is 2.81. The zero-order chi connectivity index (χ0) is 13.8. The predicted octanol–water partition coefficient (Wildman–Crippen LogP) is 4.36. The van der Waals surface area contributed by atoms with Crippen molar-refractivity contribution in [2.24, 2.45) is 0 Å². The van der Waals surface area contributed by atoms with Gasteiger partial charge < -0.3 is 5.32 Å². The maximum Gasteiger partial charge on any atom is 0.138 e. The number of anilines is 1. The minimum absolute atomic E-state index is 0.296. The van der Waals surface area contributed by atoms with Crippen molar-refractivity contribution in [3.05, 3.63) is 39.4 Å². The first-order chi connectivity index (χ1) is 9.08. The third-order valence-electron chi connectivity index (χ3n) is 2.92. The summed E-state index contributed by atoms with van der Waals surface area (Å²) in [7, 11) is 0. The van der Waals surface area contributed by atoms with Crippen molar-refractivity contribution in [3.8, 4) is 0 Å². The lowest BCUT2D eigenvalue weighted by molar-refractivity contribution is 0.771. The predicted molar refractivity (Wildman–Crippen MR) is 82.2 cm³/mol. The molecule has 0 fully saturated rings. The number of aromatic nitrogens is 2. The maximum atomic E-state index is 6.16. The van der Waals surface area contributed by atoms with Gasteiger partial charge in [0.15, 0.2) is 0 Å². The van der Waals surface area contributed by atoms with E-state index in [0.29, 0.717) is 17.1 Å². The van der Waals surface area contributed by atoms with Gasteiger partial charge in [0.25, 0.3) is 0 Å². The van der Waals surface area contributed by atoms with E-state index in [9.17, 15) is 0 Å². The van der Waals surface area contributed by atoms with Gasteiger partial charge in [0, 0.05) is 11.6 Å². The molecule has 0 aliphatic rings. The zero-order valence-corrected chi connectivity index (χ0v) is 12.9. The monoisotopic (exact) mass is 295 g/mol. The fourth-order valence-electron chi connectivity index (χ4n) is 2.05. The van der Waals surface area contributed by atoms with E-state index in [2.05, 4.69) is 52.9 Å². The Kier molecular flexibility index (Phi) is 4.77. The number of rotatable bonds is 5. The first kappa shape index (κ1) is 14.3. The lowest BCUT2D eigenvalue weighted by Gasteiger charge is -2.18. The Hall–Kier alpha value is -1.13. The molecule has 0 radical (unpaired) electrons. The summed E-state index contributed by atoms with van der Waals surface area (Å²) < 4.78 is 0. The standard InChI is InChI=1S/C14H18ClN3S/c1-9(2)12-13(15)16-8-17-14(12)18-10(3)6-11-4-5-19-7-11/h4-5,7-10H,6H2,1-3H3,(H,16,17,18). The van der Waals surface area contributed by atoms with Crippen molar-refractivity contribution in [1.29, 1.82) is 0 Å². The first-order valence-electron chi connectivity index (χ1n) is 6.36. The quantitative estimate of drug-likeness (QED) is 0.833. The van der Waals surface area contributed by atoms with Crippen LogP contribution in [0.1, 0.15) is 37.8 Å². The van der Waals surface area contributed by atoms with Gasteiger partial charge in [0.2, 0.25) is 0 Å². The normalized spacial score (nSPS) is 12.7. The fourth-order valence-corrected chi connectivity index (χ4v) is 3.08. The van der Waals surface area contributed by atoms with Crippen LogP contribution in [0.5, 0.6) is 0 Å². The molecule has 0 bridgehead atoms. The van der Waals surface area contributed by atoms with E-state index in [-0.39, 0.29) is 0 Å². The highest BCUT2D eigenvalue weighted by Gasteiger charge is 2.15. The number of halogens is 1. The molecular formula is C14H18ClN3S. The number of nitrogens with one attached hydrogen (secondary N) is 1. The van der Waals surface area contributed by atoms with Crippen LogP contribution >= 0.6 is 22.9 Å². The highest BCUT2D eigenvalue weighted by molar-refractivity contribution is 7.07. The molecule has 2 aromatic heterocycles. The highest BCUT2D eigenvalue weighted by atomic mass is 35.5. The van der Waals surface area contributed by atoms with Crippen molar-refractivity contribution in [2.45, 2.75) is 39.2 Å². The van der Waals surface area contributed by atoms with Crippen LogP contribution in [0.4, 0.5) is 5.82 Å². The van der Waals surface area contributed by atoms with Crippen LogP contribution in [0, 0.1) is 0 Å². The second-order valence-corrected chi connectivity index (χ2v) is 6.10. The van der Waals surface area contributed by atoms with Gasteiger partial charge in [-0.05, 0) is 41.7 Å². The molecule has 1 unspecified atom stereocenters. The van der Waals surface area contributed by atoms with Crippen molar-refractivity contribution in [1.82, 2.24) is 9.97 Å². The summed E-state index contributed by atoms with van der Waals surface area (Å²) in [6.45, 7) is 6.34. The fraction of sp³-hybridized carbons (Fsp3) is 0.429. The van der Waals surface area contributed by atoms with Gasteiger partial charge >= 0.3 is 0 Å². The Balaban J connectivity index is 2.12. The maximum absolute atomic E-state index is 6.16. The molecule has 102 valence electrons. The number of hydrogen-bond acceptors (Lipinski definition) is 4. The van der Waals surface area contributed by atoms with Crippen molar-refractivity contribution >= 4 is 28.8 Å². The van der Waals surface area contributed by atoms with E-state index in [1.165, 1.54) is 11.9 Å². The molecule has 1 N–H and O–H groups in total. The Morgan fingerprint density at radius 1 is 1.32 bits per heavy atom. The van der Waals surface area contributed by atoms with E-state index in [1.807, 2.05) is 0 Å². The van der Waals surface area contributed by atoms with Gasteiger partial charge in [0.1, 0.15) is 17.3 Å². The van der Waals surface area contributed by atoms with Crippen LogP contribution < -0.4 is 5.32 Å². The summed E-state index contributed by atoms with van der Waals surface area (Å²) in [5.74, 6) is 1.14. The molecule has 5 heteroatoms. The Labute approximate surface area is 123 Å². The molecule has 3 nitrogen and oxygen atoms in total. The zero-order valence-electron chi connectivity index (χ0n) is 11.4. The Morgan fingerprint density at radius 2 is 2.11 bits per heavy atom. The number of hydrogen-bond donors (Lipinski definition) is 1. The molecule has 1 atom stereocenters. The molecule has 0 aliphatic heterocycles. The van der Waals surface area contributed by atoms with Crippen molar-refractivity contribution in [2.75, 3.05) is 5.32 Å². The molecule has 2 heterocycles. The van der Waals surface area contributed by atoms with Crippen molar-refractivity contribution in [3.63, 3.8) is 0 Å². The van der Waals surface area contributed by atoms with E-state index >= 15 is 0 Å². The van der Waals surface area contributed by atoms with Gasteiger partial charge in [-0.3, -0.25) is 0 Å². The molecule has 19 heavy (non-hydrogen) atoms. The van der Waals surface area contributed by atoms with Crippen LogP contribution in [0.3, 0.4) is 0 Å². The third kappa shape index (κ3) is 3.67. The van der Waals surface area contributed by atoms with E-state index in [0.717, 1.165) is 17.8 Å². The molecule has 0 spiro atoms. The molecule has 2 aromatic rings. The second-order valence-electron chi connectivity index (χ2n) is 4.96. The topological polar surface area (TPSA) is 37.8 Å². The number of thiophene rings is 1. The van der Waals surface area contributed by atoms with Gasteiger partial charge in [-0.15, -0.1) is 0 Å². The van der Waals surface area contributed by atoms with Gasteiger partial charge in [-0.1, -0.05) is 25.4 Å². The first-order valence-corrected chi connectivity index (χ1v) is 7.68. The largest absolute Gasteiger partial charge is 0.367 e. The molecule has 0 aromatic carbocycles. The summed E-state index contributed by atoms with van der Waals surface area (Å²) >= 11 is 7.88. The molecule has 0 amide bonds. The van der Waals surface area contributed by atoms with Gasteiger partial charge in [0.05, 0.1) is 0 Å². The van der Waals surface area contributed by atoms with Crippen LogP contribution in [-0.2, 0) is 6.42 Å². The van der Waals surface area contributed by atoms with Crippen LogP contribution in [0.25, 0.3) is 0 Å². The summed E-state index contributed by atoms with van der Waals surface area (Å²) in [5, 5.41) is 8.25. The van der Waals surface area contributed by atoms with Crippen LogP contribution in [0.15, 0.2) is 23.2 Å². The molecule has 0 saturated carbocycles. The Bertz CT molecular complexity index is 525. The van der Waals surface area contributed by atoms with Crippen LogP contribution in [-0.4, -0.2) is 16.0 Å². The molecule has 2 rings (SSSR count). The van der Waals surface area contributed by atoms with Gasteiger partial charge in [-0.2, -0.15) is 11.3 Å². The number of nitrogens with zero attached hydrogens (tertiary/aromatic N) is 2. The third-order valence-corrected chi connectivity index (χ3v) is 3.95. The van der Waals surface area contributed by atoms with E-state index < -0.39 is 0 Å². The SMILES string of the molecule is CC(Cc1ccsc1)Nc1ncnc(Cl)c1C(C)C. The second kappa shape index (κ2) is 6.35. The van der Waals surface area contributed by atoms with Crippen LogP contribution in [0.2, 0.25) is 5.15 Å². The molecular weight excluding hydrogens is 278 g/mol. The summed E-state index contributed by atoms with van der Waals surface area (Å²) in [6, 6.07) is 2.46. The minimum Gasteiger partial charge on any atom is -0.367 e. The lowest BCUT2D eigenvalue weighted by atomic mass is 10.1. The summed E-state index contributed by atoms with van der Waals surface area (Å²) in [4.78, 5) is 8.39. The summed E-state index contributed by atoms with van der Waals surface area (Å²) in [5.41, 5.74) is 2.33. The van der Waals surface area contributed by atoms with Gasteiger partial charge in [-0.25, -0.2) is 9.97 Å². The van der Waals surface area contributed by atoms with E-state index in [4.69, 9.17) is 11.6 Å². The average molecular weight is 296 g/mol. The summed E-state index contributed by atoms with van der Waals surface area (Å²) in [6.07, 6.45) is 2.48. The van der Waals surface area contributed by atoms with Crippen molar-refractivity contribution < 1.29 is 0 Å². The smallest absolute Gasteiger partial charge is 0.138 e. The minimum atomic E-state index is 0.296. The van der Waals surface area contributed by atoms with E-state index in [1.54, 1.807) is 11.3 Å². The lowest BCUT2D eigenvalue weighted by Crippen LogP contribution is -2.20. The Morgan fingerprint density at radius 3 is 2.74 bits per heavy atom.